The number of pyridine rings is 2. The Morgan fingerprint density at radius 1 is 0.846 bits per heavy atom. The van der Waals surface area contributed by atoms with E-state index in [-0.39, 0.29) is 0 Å². The second-order valence-corrected chi connectivity index (χ2v) is 5.99. The Kier molecular flexibility index (Phi) is 4.53. The fourth-order valence-corrected chi connectivity index (χ4v) is 2.65. The molecule has 0 aliphatic carbocycles. The first-order valence-corrected chi connectivity index (χ1v) is 8.19. The Morgan fingerprint density at radius 3 is 2.31 bits per heavy atom. The van der Waals surface area contributed by atoms with Crippen LogP contribution in [0.15, 0.2) is 70.1 Å². The van der Waals surface area contributed by atoms with Gasteiger partial charge in [0, 0.05) is 36.3 Å². The van der Waals surface area contributed by atoms with Crippen LogP contribution in [0.4, 0.5) is 0 Å². The van der Waals surface area contributed by atoms with Crippen LogP contribution in [0.3, 0.4) is 0 Å². The highest BCUT2D eigenvalue weighted by Gasteiger charge is 2.13. The molecule has 4 rings (SSSR count). The molecular weight excluding hydrogens is 330 g/mol. The van der Waals surface area contributed by atoms with Gasteiger partial charge in [-0.2, -0.15) is 0 Å². The molecule has 0 spiro atoms. The van der Waals surface area contributed by atoms with Crippen molar-refractivity contribution in [3.05, 3.63) is 72.6 Å². The Balaban J connectivity index is 1.40. The van der Waals surface area contributed by atoms with Crippen LogP contribution in [-0.2, 0) is 13.1 Å². The van der Waals surface area contributed by atoms with Crippen molar-refractivity contribution < 1.29 is 9.05 Å². The Labute approximate surface area is 150 Å². The number of nitrogens with zero attached hydrogens (tertiary/aromatic N) is 5. The van der Waals surface area contributed by atoms with Gasteiger partial charge in [0.05, 0.1) is 18.8 Å². The highest BCUT2D eigenvalue weighted by Crippen LogP contribution is 2.20. The van der Waals surface area contributed by atoms with Gasteiger partial charge in [0.2, 0.25) is 0 Å². The summed E-state index contributed by atoms with van der Waals surface area (Å²) < 4.78 is 10.8. The van der Waals surface area contributed by atoms with Crippen molar-refractivity contribution in [3.8, 4) is 22.6 Å². The molecule has 130 valence electrons. The van der Waals surface area contributed by atoms with Gasteiger partial charge in [-0.3, -0.25) is 14.9 Å². The van der Waals surface area contributed by atoms with Gasteiger partial charge in [-0.15, -0.1) is 0 Å². The topological polar surface area (TPSA) is 81.1 Å². The summed E-state index contributed by atoms with van der Waals surface area (Å²) in [6, 6.07) is 13.3. The Bertz CT molecular complexity index is 886. The van der Waals surface area contributed by atoms with Crippen molar-refractivity contribution in [2.24, 2.45) is 0 Å². The lowest BCUT2D eigenvalue weighted by atomic mass is 10.2. The summed E-state index contributed by atoms with van der Waals surface area (Å²) in [5, 5.41) is 8.19. The third-order valence-corrected chi connectivity index (χ3v) is 3.85. The molecule has 0 aliphatic rings. The second kappa shape index (κ2) is 7.28. The van der Waals surface area contributed by atoms with Crippen LogP contribution in [0.1, 0.15) is 11.5 Å². The summed E-state index contributed by atoms with van der Waals surface area (Å²) in [5.41, 5.74) is 3.23. The molecule has 0 atom stereocenters. The van der Waals surface area contributed by atoms with Crippen LogP contribution in [-0.4, -0.2) is 32.2 Å². The van der Waals surface area contributed by atoms with Gasteiger partial charge < -0.3 is 9.05 Å². The molecule has 0 aliphatic heterocycles. The molecule has 0 saturated carbocycles. The van der Waals surface area contributed by atoms with Crippen molar-refractivity contribution >= 4 is 0 Å². The van der Waals surface area contributed by atoms with Gasteiger partial charge in [-0.1, -0.05) is 16.4 Å². The average molecular weight is 347 g/mol. The molecule has 0 fully saturated rings. The van der Waals surface area contributed by atoms with E-state index in [2.05, 4.69) is 25.2 Å². The SMILES string of the molecule is CN(Cc1cc(-c2cccnc2)no1)Cc1cc(-c2ccccn2)no1. The molecule has 0 unspecified atom stereocenters. The molecule has 26 heavy (non-hydrogen) atoms. The summed E-state index contributed by atoms with van der Waals surface area (Å²) in [6.07, 6.45) is 5.23. The van der Waals surface area contributed by atoms with Crippen molar-refractivity contribution in [1.29, 1.82) is 0 Å². The zero-order valence-electron chi connectivity index (χ0n) is 14.2. The second-order valence-electron chi connectivity index (χ2n) is 5.99. The third-order valence-electron chi connectivity index (χ3n) is 3.85. The number of hydrogen-bond donors (Lipinski definition) is 0. The van der Waals surface area contributed by atoms with Gasteiger partial charge in [0.25, 0.3) is 0 Å². The maximum absolute atomic E-state index is 5.43. The normalized spacial score (nSPS) is 11.2. The van der Waals surface area contributed by atoms with Crippen molar-refractivity contribution in [1.82, 2.24) is 25.2 Å². The predicted octanol–water partition coefficient (Wildman–Crippen LogP) is 3.42. The molecule has 7 nitrogen and oxygen atoms in total. The van der Waals surface area contributed by atoms with E-state index in [0.29, 0.717) is 13.1 Å². The number of aromatic nitrogens is 4. The molecule has 4 heterocycles. The van der Waals surface area contributed by atoms with E-state index in [1.165, 1.54) is 0 Å². The highest BCUT2D eigenvalue weighted by molar-refractivity contribution is 5.57. The summed E-state index contributed by atoms with van der Waals surface area (Å²) >= 11 is 0. The molecular formula is C19H17N5O2. The van der Waals surface area contributed by atoms with Crippen LogP contribution >= 0.6 is 0 Å². The van der Waals surface area contributed by atoms with E-state index in [9.17, 15) is 0 Å². The maximum atomic E-state index is 5.43. The lowest BCUT2D eigenvalue weighted by Crippen LogP contribution is -2.16. The van der Waals surface area contributed by atoms with Crippen molar-refractivity contribution in [3.63, 3.8) is 0 Å². The van der Waals surface area contributed by atoms with Crippen molar-refractivity contribution in [2.45, 2.75) is 13.1 Å². The van der Waals surface area contributed by atoms with Crippen LogP contribution in [0, 0.1) is 0 Å². The van der Waals surface area contributed by atoms with Gasteiger partial charge in [0.1, 0.15) is 11.4 Å². The van der Waals surface area contributed by atoms with E-state index < -0.39 is 0 Å². The zero-order valence-corrected chi connectivity index (χ0v) is 14.2. The molecule has 4 aromatic heterocycles. The minimum absolute atomic E-state index is 0.600. The molecule has 0 amide bonds. The van der Waals surface area contributed by atoms with E-state index in [1.54, 1.807) is 18.6 Å². The third kappa shape index (κ3) is 3.68. The van der Waals surface area contributed by atoms with E-state index in [4.69, 9.17) is 9.05 Å². The molecule has 0 saturated heterocycles. The molecule has 7 heteroatoms. The van der Waals surface area contributed by atoms with Gasteiger partial charge >= 0.3 is 0 Å². The molecule has 4 aromatic rings. The summed E-state index contributed by atoms with van der Waals surface area (Å²) in [4.78, 5) is 10.4. The van der Waals surface area contributed by atoms with E-state index >= 15 is 0 Å². The Hall–Kier alpha value is -3.32. The number of rotatable bonds is 6. The van der Waals surface area contributed by atoms with Gasteiger partial charge in [-0.25, -0.2) is 0 Å². The summed E-state index contributed by atoms with van der Waals surface area (Å²) in [6.45, 7) is 1.20. The monoisotopic (exact) mass is 347 g/mol. The minimum Gasteiger partial charge on any atom is -0.359 e. The standard InChI is InChI=1S/C19H17N5O2/c1-24(12-15-9-18(22-25-15)14-5-4-7-20-11-14)13-16-10-19(23-26-16)17-6-2-3-8-21-17/h2-11H,12-13H2,1H3. The van der Waals surface area contributed by atoms with Crippen LogP contribution in [0.2, 0.25) is 0 Å². The average Bonchev–Trinajstić information content (AvgIpc) is 3.33. The summed E-state index contributed by atoms with van der Waals surface area (Å²) in [7, 11) is 1.98. The number of hydrogen-bond acceptors (Lipinski definition) is 7. The fourth-order valence-electron chi connectivity index (χ4n) is 2.65. The fraction of sp³-hybridized carbons (Fsp3) is 0.158. The predicted molar refractivity (Wildman–Crippen MR) is 94.6 cm³/mol. The van der Waals surface area contributed by atoms with Crippen LogP contribution < -0.4 is 0 Å². The molecule has 0 radical (unpaired) electrons. The first-order valence-electron chi connectivity index (χ1n) is 8.19. The quantitative estimate of drug-likeness (QED) is 0.528. The minimum atomic E-state index is 0.600. The molecule has 0 bridgehead atoms. The summed E-state index contributed by atoms with van der Waals surface area (Å²) in [5.74, 6) is 1.54. The Morgan fingerprint density at radius 2 is 1.62 bits per heavy atom. The first-order chi connectivity index (χ1) is 12.8. The van der Waals surface area contributed by atoms with Crippen LogP contribution in [0.25, 0.3) is 22.6 Å². The zero-order chi connectivity index (χ0) is 17.8. The lowest BCUT2D eigenvalue weighted by Gasteiger charge is -2.11. The van der Waals surface area contributed by atoms with E-state index in [0.717, 1.165) is 34.2 Å². The van der Waals surface area contributed by atoms with Crippen molar-refractivity contribution in [2.75, 3.05) is 7.05 Å². The largest absolute Gasteiger partial charge is 0.359 e. The molecule has 0 N–H and O–H groups in total. The molecule has 0 aromatic carbocycles. The smallest absolute Gasteiger partial charge is 0.151 e. The first kappa shape index (κ1) is 16.2. The van der Waals surface area contributed by atoms with Gasteiger partial charge in [0.15, 0.2) is 11.5 Å². The van der Waals surface area contributed by atoms with Crippen LogP contribution in [0.5, 0.6) is 0 Å². The van der Waals surface area contributed by atoms with E-state index in [1.807, 2.05) is 49.5 Å². The highest BCUT2D eigenvalue weighted by atomic mass is 16.5. The lowest BCUT2D eigenvalue weighted by molar-refractivity contribution is 0.238. The van der Waals surface area contributed by atoms with Gasteiger partial charge in [-0.05, 0) is 31.3 Å². The maximum Gasteiger partial charge on any atom is 0.151 e.